The van der Waals surface area contributed by atoms with Crippen LogP contribution in [0.1, 0.15) is 22.3 Å². The van der Waals surface area contributed by atoms with E-state index in [1.807, 2.05) is 0 Å². The maximum atomic E-state index is 6.63. The lowest BCUT2D eigenvalue weighted by atomic mass is 9.67. The second kappa shape index (κ2) is 13.4. The zero-order valence-corrected chi connectivity index (χ0v) is 31.2. The molecule has 1 aliphatic rings. The summed E-state index contributed by atoms with van der Waals surface area (Å²) in [4.78, 5) is 2.29. The maximum absolute atomic E-state index is 6.63. The van der Waals surface area contributed by atoms with Crippen LogP contribution < -0.4 is 4.90 Å². The second-order valence-corrected chi connectivity index (χ2v) is 14.9. The Hall–Kier alpha value is -7.42. The highest BCUT2D eigenvalue weighted by molar-refractivity contribution is 6.06. The van der Waals surface area contributed by atoms with Gasteiger partial charge in [-0.05, 0) is 122 Å². The summed E-state index contributed by atoms with van der Waals surface area (Å²) in [5.41, 5.74) is 17.0. The number of furan rings is 1. The van der Waals surface area contributed by atoms with Crippen molar-refractivity contribution in [2.24, 2.45) is 0 Å². The Morgan fingerprint density at radius 2 is 0.842 bits per heavy atom. The van der Waals surface area contributed by atoms with E-state index in [0.29, 0.717) is 0 Å². The van der Waals surface area contributed by atoms with Crippen molar-refractivity contribution in [2.45, 2.75) is 5.41 Å². The number of benzene rings is 9. The van der Waals surface area contributed by atoms with Gasteiger partial charge < -0.3 is 9.32 Å². The minimum absolute atomic E-state index is 0.452. The standard InChI is InChI=1S/C55H37NO/c1-4-17-42(18-5-1)55(51-25-12-10-23-47(51)48-24-11-13-26-52(48)55)43-30-34-53-50(37-43)49-33-29-41(36-54(49)57-53)40-16-14-15-39(35-40)38-27-31-46(32-28-38)56(44-19-6-2-7-20-44)45-21-8-3-9-22-45/h1-37H. The Balaban J connectivity index is 0.966. The minimum Gasteiger partial charge on any atom is -0.456 e. The van der Waals surface area contributed by atoms with Crippen molar-refractivity contribution in [1.29, 1.82) is 0 Å². The first-order valence-electron chi connectivity index (χ1n) is 19.6. The number of para-hydroxylation sites is 2. The lowest BCUT2D eigenvalue weighted by Crippen LogP contribution is -2.28. The molecule has 2 heteroatoms. The molecule has 0 unspecified atom stereocenters. The molecule has 9 aromatic carbocycles. The molecule has 0 bridgehead atoms. The third kappa shape index (κ3) is 5.33. The first-order valence-corrected chi connectivity index (χ1v) is 19.6. The van der Waals surface area contributed by atoms with Crippen LogP contribution in [0.2, 0.25) is 0 Å². The molecule has 11 rings (SSSR count). The molecule has 268 valence electrons. The van der Waals surface area contributed by atoms with E-state index in [0.717, 1.165) is 50.1 Å². The van der Waals surface area contributed by atoms with E-state index in [1.54, 1.807) is 0 Å². The Kier molecular flexibility index (Phi) is 7.75. The Labute approximate surface area is 332 Å². The van der Waals surface area contributed by atoms with E-state index >= 15 is 0 Å². The van der Waals surface area contributed by atoms with Crippen LogP contribution in [0, 0.1) is 0 Å². The highest BCUT2D eigenvalue weighted by Crippen LogP contribution is 2.56. The van der Waals surface area contributed by atoms with Gasteiger partial charge in [0.15, 0.2) is 0 Å². The van der Waals surface area contributed by atoms with Crippen molar-refractivity contribution in [3.63, 3.8) is 0 Å². The second-order valence-electron chi connectivity index (χ2n) is 14.9. The van der Waals surface area contributed by atoms with Gasteiger partial charge in [0.05, 0.1) is 5.41 Å². The van der Waals surface area contributed by atoms with Crippen LogP contribution in [0.15, 0.2) is 229 Å². The van der Waals surface area contributed by atoms with Gasteiger partial charge in [0.1, 0.15) is 11.2 Å². The molecule has 1 aliphatic carbocycles. The molecule has 0 spiro atoms. The molecular formula is C55H37NO. The minimum atomic E-state index is -0.452. The first kappa shape index (κ1) is 33.0. The van der Waals surface area contributed by atoms with Gasteiger partial charge in [-0.25, -0.2) is 0 Å². The van der Waals surface area contributed by atoms with Gasteiger partial charge in [0.25, 0.3) is 0 Å². The quantitative estimate of drug-likeness (QED) is 0.163. The number of hydrogen-bond donors (Lipinski definition) is 0. The summed E-state index contributed by atoms with van der Waals surface area (Å²) in [6.07, 6.45) is 0. The van der Waals surface area contributed by atoms with Gasteiger partial charge in [-0.15, -0.1) is 0 Å². The highest BCUT2D eigenvalue weighted by atomic mass is 16.3. The molecule has 57 heavy (non-hydrogen) atoms. The number of rotatable bonds is 7. The predicted octanol–water partition coefficient (Wildman–Crippen LogP) is 14.8. The summed E-state index contributed by atoms with van der Waals surface area (Å²) in [7, 11) is 0. The fourth-order valence-electron chi connectivity index (χ4n) is 9.18. The molecule has 0 saturated carbocycles. The normalized spacial score (nSPS) is 12.7. The Morgan fingerprint density at radius 1 is 0.316 bits per heavy atom. The molecule has 0 N–H and O–H groups in total. The summed E-state index contributed by atoms with van der Waals surface area (Å²) in [6.45, 7) is 0. The van der Waals surface area contributed by atoms with E-state index in [9.17, 15) is 0 Å². The molecule has 0 fully saturated rings. The molecule has 0 amide bonds. The monoisotopic (exact) mass is 727 g/mol. The molecule has 0 saturated heterocycles. The first-order chi connectivity index (χ1) is 28.3. The largest absolute Gasteiger partial charge is 0.456 e. The summed E-state index contributed by atoms with van der Waals surface area (Å²) < 4.78 is 6.63. The average molecular weight is 728 g/mol. The van der Waals surface area contributed by atoms with Gasteiger partial charge in [-0.2, -0.15) is 0 Å². The smallest absolute Gasteiger partial charge is 0.136 e. The van der Waals surface area contributed by atoms with Crippen molar-refractivity contribution in [1.82, 2.24) is 0 Å². The number of nitrogens with zero attached hydrogens (tertiary/aromatic N) is 1. The summed E-state index contributed by atoms with van der Waals surface area (Å²) >= 11 is 0. The van der Waals surface area contributed by atoms with E-state index in [1.165, 1.54) is 44.5 Å². The van der Waals surface area contributed by atoms with Crippen LogP contribution in [-0.2, 0) is 5.41 Å². The maximum Gasteiger partial charge on any atom is 0.136 e. The summed E-state index contributed by atoms with van der Waals surface area (Å²) in [5, 5.41) is 2.24. The van der Waals surface area contributed by atoms with E-state index in [2.05, 4.69) is 229 Å². The molecule has 0 aliphatic heterocycles. The third-order valence-electron chi connectivity index (χ3n) is 11.7. The molecule has 1 aromatic heterocycles. The van der Waals surface area contributed by atoms with Gasteiger partial charge in [-0.1, -0.05) is 158 Å². The third-order valence-corrected chi connectivity index (χ3v) is 11.7. The van der Waals surface area contributed by atoms with Crippen molar-refractivity contribution in [3.8, 4) is 33.4 Å². The molecule has 2 nitrogen and oxygen atoms in total. The zero-order valence-electron chi connectivity index (χ0n) is 31.2. The lowest BCUT2D eigenvalue weighted by molar-refractivity contribution is 0.668. The SMILES string of the molecule is c1ccc(N(c2ccccc2)c2ccc(-c3cccc(-c4ccc5c(c4)oc4ccc(C6(c7ccccc7)c7ccccc7-c7ccccc76)cc45)c3)cc2)cc1. The number of hydrogen-bond acceptors (Lipinski definition) is 2. The Bertz CT molecular complexity index is 2970. The number of anilines is 3. The van der Waals surface area contributed by atoms with Crippen molar-refractivity contribution in [3.05, 3.63) is 247 Å². The van der Waals surface area contributed by atoms with Crippen LogP contribution >= 0.6 is 0 Å². The molecular weight excluding hydrogens is 691 g/mol. The van der Waals surface area contributed by atoms with Crippen LogP contribution in [-0.4, -0.2) is 0 Å². The van der Waals surface area contributed by atoms with E-state index in [-0.39, 0.29) is 0 Å². The predicted molar refractivity (Wildman–Crippen MR) is 237 cm³/mol. The molecule has 0 radical (unpaired) electrons. The lowest BCUT2D eigenvalue weighted by Gasteiger charge is -2.33. The topological polar surface area (TPSA) is 16.4 Å². The summed E-state index contributed by atoms with van der Waals surface area (Å²) in [5.74, 6) is 0. The molecule has 10 aromatic rings. The van der Waals surface area contributed by atoms with Gasteiger partial charge in [-0.3, -0.25) is 0 Å². The van der Waals surface area contributed by atoms with Crippen molar-refractivity contribution < 1.29 is 4.42 Å². The fourth-order valence-corrected chi connectivity index (χ4v) is 9.18. The Morgan fingerprint density at radius 3 is 1.49 bits per heavy atom. The van der Waals surface area contributed by atoms with Crippen molar-refractivity contribution >= 4 is 39.0 Å². The number of fused-ring (bicyclic) bond motifs is 6. The average Bonchev–Trinajstić information content (AvgIpc) is 3.81. The van der Waals surface area contributed by atoms with E-state index < -0.39 is 5.41 Å². The van der Waals surface area contributed by atoms with Crippen LogP contribution in [0.5, 0.6) is 0 Å². The molecule has 0 atom stereocenters. The highest BCUT2D eigenvalue weighted by Gasteiger charge is 2.46. The summed E-state index contributed by atoms with van der Waals surface area (Å²) in [6, 6.07) is 80.9. The molecule has 1 heterocycles. The zero-order chi connectivity index (χ0) is 37.8. The fraction of sp³-hybridized carbons (Fsp3) is 0.0182. The van der Waals surface area contributed by atoms with Gasteiger partial charge >= 0.3 is 0 Å². The van der Waals surface area contributed by atoms with Gasteiger partial charge in [0, 0.05) is 27.8 Å². The van der Waals surface area contributed by atoms with Crippen LogP contribution in [0.3, 0.4) is 0 Å². The van der Waals surface area contributed by atoms with Gasteiger partial charge in [0.2, 0.25) is 0 Å². The van der Waals surface area contributed by atoms with E-state index in [4.69, 9.17) is 4.42 Å². The van der Waals surface area contributed by atoms with Crippen LogP contribution in [0.25, 0.3) is 55.3 Å². The van der Waals surface area contributed by atoms with Crippen molar-refractivity contribution in [2.75, 3.05) is 4.90 Å². The van der Waals surface area contributed by atoms with Crippen LogP contribution in [0.4, 0.5) is 17.1 Å².